The number of nitrogens with zero attached hydrogens (tertiary/aromatic N) is 1. The molecule has 2 atom stereocenters. The van der Waals surface area contributed by atoms with Crippen LogP contribution in [-0.4, -0.2) is 56.7 Å². The highest BCUT2D eigenvalue weighted by atomic mass is 28.4. The number of methoxy groups -OCH3 is 1. The smallest absolute Gasteiger partial charge is 0.411 e. The van der Waals surface area contributed by atoms with E-state index in [-0.39, 0.29) is 11.1 Å². The van der Waals surface area contributed by atoms with Gasteiger partial charge in [-0.2, -0.15) is 0 Å². The predicted molar refractivity (Wildman–Crippen MR) is 95.4 cm³/mol. The lowest BCUT2D eigenvalue weighted by Crippen LogP contribution is -2.52. The van der Waals surface area contributed by atoms with Gasteiger partial charge in [-0.15, -0.1) is 0 Å². The molecule has 1 amide bonds. The molecule has 1 rings (SSSR count). The summed E-state index contributed by atoms with van der Waals surface area (Å²) in [5, 5.41) is 0.0208. The Morgan fingerprint density at radius 1 is 1.08 bits per heavy atom. The maximum Gasteiger partial charge on any atom is 0.411 e. The first kappa shape index (κ1) is 21.0. The van der Waals surface area contributed by atoms with Gasteiger partial charge in [0, 0.05) is 6.54 Å². The summed E-state index contributed by atoms with van der Waals surface area (Å²) in [5.74, 6) is -0.456. The van der Waals surface area contributed by atoms with Crippen LogP contribution in [0.4, 0.5) is 4.79 Å². The second-order valence-electron chi connectivity index (χ2n) is 8.85. The normalized spacial score (nSPS) is 22.5. The maximum absolute atomic E-state index is 12.5. The molecule has 0 bridgehead atoms. The Balaban J connectivity index is 3.00. The van der Waals surface area contributed by atoms with Crippen molar-refractivity contribution in [3.05, 3.63) is 0 Å². The molecule has 1 fully saturated rings. The van der Waals surface area contributed by atoms with Crippen LogP contribution in [0.25, 0.3) is 0 Å². The SMILES string of the molecule is COC(=O)[C@H]1[C@@H](O[Si](C)(C)C(C)(C)C)CCN1C(=O)OC(C)(C)C. The van der Waals surface area contributed by atoms with Crippen LogP contribution >= 0.6 is 0 Å². The van der Waals surface area contributed by atoms with E-state index in [2.05, 4.69) is 33.9 Å². The Labute approximate surface area is 147 Å². The number of amides is 1. The molecule has 0 N–H and O–H groups in total. The number of rotatable bonds is 3. The highest BCUT2D eigenvalue weighted by Crippen LogP contribution is 2.39. The summed E-state index contributed by atoms with van der Waals surface area (Å²) in [6.45, 7) is 16.5. The van der Waals surface area contributed by atoms with Crippen molar-refractivity contribution in [2.75, 3.05) is 13.7 Å². The number of carbonyl (C=O) groups excluding carboxylic acids is 2. The molecule has 6 nitrogen and oxygen atoms in total. The number of ether oxygens (including phenoxy) is 2. The zero-order valence-corrected chi connectivity index (χ0v) is 17.6. The molecule has 0 saturated carbocycles. The van der Waals surface area contributed by atoms with Gasteiger partial charge in [0.05, 0.1) is 13.2 Å². The molecule has 24 heavy (non-hydrogen) atoms. The topological polar surface area (TPSA) is 65.1 Å². The summed E-state index contributed by atoms with van der Waals surface area (Å²) < 4.78 is 16.7. The van der Waals surface area contributed by atoms with Crippen molar-refractivity contribution in [3.8, 4) is 0 Å². The van der Waals surface area contributed by atoms with Gasteiger partial charge in [-0.05, 0) is 45.3 Å². The van der Waals surface area contributed by atoms with Crippen molar-refractivity contribution in [2.45, 2.75) is 83.8 Å². The molecule has 0 spiro atoms. The zero-order valence-electron chi connectivity index (χ0n) is 16.6. The van der Waals surface area contributed by atoms with Crippen LogP contribution in [0.15, 0.2) is 0 Å². The summed E-state index contributed by atoms with van der Waals surface area (Å²) in [6, 6.07) is -0.751. The molecule has 1 heterocycles. The third-order valence-corrected chi connectivity index (χ3v) is 9.17. The average Bonchev–Trinajstić information content (AvgIpc) is 2.77. The average molecular weight is 360 g/mol. The summed E-state index contributed by atoms with van der Waals surface area (Å²) in [5.41, 5.74) is -0.615. The molecule has 0 unspecified atom stereocenters. The Morgan fingerprint density at radius 3 is 2.04 bits per heavy atom. The molecule has 140 valence electrons. The lowest BCUT2D eigenvalue weighted by atomic mass is 10.2. The molecule has 0 radical (unpaired) electrons. The van der Waals surface area contributed by atoms with Crippen molar-refractivity contribution in [1.82, 2.24) is 4.90 Å². The van der Waals surface area contributed by atoms with E-state index in [1.807, 2.05) is 0 Å². The molecule has 0 aromatic rings. The summed E-state index contributed by atoms with van der Waals surface area (Å²) in [4.78, 5) is 26.2. The first-order chi connectivity index (χ1) is 10.7. The molecule has 0 aromatic carbocycles. The Kier molecular flexibility index (Phi) is 6.14. The molecule has 1 aliphatic rings. The molecule has 1 aliphatic heterocycles. The van der Waals surface area contributed by atoms with Crippen LogP contribution in [0.5, 0.6) is 0 Å². The number of likely N-dealkylation sites (tertiary alicyclic amines) is 1. The molecular formula is C17H33NO5Si. The van der Waals surface area contributed by atoms with Crippen molar-refractivity contribution < 1.29 is 23.5 Å². The minimum Gasteiger partial charge on any atom is -0.467 e. The minimum absolute atomic E-state index is 0.0208. The van der Waals surface area contributed by atoms with Gasteiger partial charge in [0.2, 0.25) is 0 Å². The van der Waals surface area contributed by atoms with Gasteiger partial charge in [0.1, 0.15) is 5.60 Å². The lowest BCUT2D eigenvalue weighted by molar-refractivity contribution is -0.148. The highest BCUT2D eigenvalue weighted by molar-refractivity contribution is 6.74. The van der Waals surface area contributed by atoms with Gasteiger partial charge in [-0.1, -0.05) is 20.8 Å². The number of esters is 1. The number of hydrogen-bond acceptors (Lipinski definition) is 5. The lowest BCUT2D eigenvalue weighted by Gasteiger charge is -2.39. The van der Waals surface area contributed by atoms with E-state index in [0.29, 0.717) is 13.0 Å². The van der Waals surface area contributed by atoms with E-state index in [1.54, 1.807) is 20.8 Å². The highest BCUT2D eigenvalue weighted by Gasteiger charge is 2.49. The standard InChI is InChI=1S/C17H33NO5Si/c1-16(2,3)22-15(20)18-11-10-12(13(18)14(19)21-7)23-24(8,9)17(4,5)6/h12-13H,10-11H2,1-9H3/t12-,13+/m0/s1. The predicted octanol–water partition coefficient (Wildman–Crippen LogP) is 3.56. The van der Waals surface area contributed by atoms with Crippen LogP contribution in [0, 0.1) is 0 Å². The van der Waals surface area contributed by atoms with Crippen molar-refractivity contribution in [1.29, 1.82) is 0 Å². The Bertz CT molecular complexity index is 478. The van der Waals surface area contributed by atoms with Crippen molar-refractivity contribution in [2.24, 2.45) is 0 Å². The fraction of sp³-hybridized carbons (Fsp3) is 0.882. The van der Waals surface area contributed by atoms with E-state index >= 15 is 0 Å². The summed E-state index contributed by atoms with van der Waals surface area (Å²) in [7, 11) is -0.737. The monoisotopic (exact) mass is 359 g/mol. The molecule has 1 saturated heterocycles. The van der Waals surface area contributed by atoms with Crippen LogP contribution < -0.4 is 0 Å². The third kappa shape index (κ3) is 4.96. The van der Waals surface area contributed by atoms with E-state index in [9.17, 15) is 9.59 Å². The molecule has 0 aromatic heterocycles. The van der Waals surface area contributed by atoms with E-state index < -0.39 is 32.0 Å². The van der Waals surface area contributed by atoms with E-state index in [0.717, 1.165) is 0 Å². The van der Waals surface area contributed by atoms with Crippen molar-refractivity contribution >= 4 is 20.4 Å². The second kappa shape index (κ2) is 7.04. The van der Waals surface area contributed by atoms with Crippen LogP contribution in [0.1, 0.15) is 48.0 Å². The first-order valence-corrected chi connectivity index (χ1v) is 11.4. The van der Waals surface area contributed by atoms with Crippen molar-refractivity contribution in [3.63, 3.8) is 0 Å². The zero-order chi connectivity index (χ0) is 18.9. The summed E-state index contributed by atoms with van der Waals surface area (Å²) in [6.07, 6.45) is -0.254. The largest absolute Gasteiger partial charge is 0.467 e. The van der Waals surface area contributed by atoms with E-state index in [4.69, 9.17) is 13.9 Å². The fourth-order valence-corrected chi connectivity index (χ4v) is 3.72. The third-order valence-electron chi connectivity index (χ3n) is 4.67. The number of carbonyl (C=O) groups is 2. The van der Waals surface area contributed by atoms with E-state index in [1.165, 1.54) is 12.0 Å². The first-order valence-electron chi connectivity index (χ1n) is 8.45. The van der Waals surface area contributed by atoms with Gasteiger partial charge < -0.3 is 13.9 Å². The van der Waals surface area contributed by atoms with Gasteiger partial charge in [-0.3, -0.25) is 4.90 Å². The number of hydrogen-bond donors (Lipinski definition) is 0. The molecule has 7 heteroatoms. The van der Waals surface area contributed by atoms with Crippen LogP contribution in [-0.2, 0) is 18.7 Å². The Morgan fingerprint density at radius 2 is 1.62 bits per heavy atom. The fourth-order valence-electron chi connectivity index (χ4n) is 2.37. The Hall–Kier alpha value is -1.08. The second-order valence-corrected chi connectivity index (χ2v) is 13.6. The quantitative estimate of drug-likeness (QED) is 0.569. The summed E-state index contributed by atoms with van der Waals surface area (Å²) >= 11 is 0. The van der Waals surface area contributed by atoms with Gasteiger partial charge >= 0.3 is 12.1 Å². The van der Waals surface area contributed by atoms with Gasteiger partial charge in [0.15, 0.2) is 14.4 Å². The van der Waals surface area contributed by atoms with Gasteiger partial charge in [0.25, 0.3) is 0 Å². The van der Waals surface area contributed by atoms with Gasteiger partial charge in [-0.25, -0.2) is 9.59 Å². The van der Waals surface area contributed by atoms with Crippen LogP contribution in [0.2, 0.25) is 18.1 Å². The van der Waals surface area contributed by atoms with Crippen LogP contribution in [0.3, 0.4) is 0 Å². The molecular weight excluding hydrogens is 326 g/mol. The molecule has 0 aliphatic carbocycles. The maximum atomic E-state index is 12.5. The minimum atomic E-state index is -2.07.